The van der Waals surface area contributed by atoms with E-state index in [1.54, 1.807) is 6.07 Å². The number of anilines is 1. The zero-order valence-electron chi connectivity index (χ0n) is 11.3. The van der Waals surface area contributed by atoms with Gasteiger partial charge in [0.15, 0.2) is 0 Å². The molecule has 0 saturated heterocycles. The van der Waals surface area contributed by atoms with Crippen LogP contribution < -0.4 is 4.90 Å². The third-order valence-electron chi connectivity index (χ3n) is 3.89. The Morgan fingerprint density at radius 3 is 2.52 bits per heavy atom. The lowest BCUT2D eigenvalue weighted by molar-refractivity contribution is -0.384. The molecule has 2 aromatic carbocycles. The van der Waals surface area contributed by atoms with Gasteiger partial charge in [-0.15, -0.1) is 0 Å². The van der Waals surface area contributed by atoms with E-state index in [1.165, 1.54) is 12.1 Å². The molecule has 106 valence electrons. The fourth-order valence-electron chi connectivity index (χ4n) is 2.92. The number of fused-ring (bicyclic) bond motifs is 1. The molecule has 1 heterocycles. The fourth-order valence-corrected chi connectivity index (χ4v) is 2.92. The molecular formula is C15H13N3O3. The van der Waals surface area contributed by atoms with Crippen LogP contribution in [0.5, 0.6) is 0 Å². The summed E-state index contributed by atoms with van der Waals surface area (Å²) >= 11 is 0. The van der Waals surface area contributed by atoms with Crippen LogP contribution in [-0.2, 0) is 0 Å². The monoisotopic (exact) mass is 283 g/mol. The third-order valence-corrected chi connectivity index (χ3v) is 3.89. The number of likely N-dealkylation sites (N-methyl/N-ethyl adjacent to an activating group) is 1. The van der Waals surface area contributed by atoms with Gasteiger partial charge in [0, 0.05) is 30.4 Å². The van der Waals surface area contributed by atoms with Crippen LogP contribution in [0.15, 0.2) is 53.7 Å². The van der Waals surface area contributed by atoms with E-state index < -0.39 is 11.0 Å². The molecule has 1 aliphatic heterocycles. The van der Waals surface area contributed by atoms with Gasteiger partial charge in [-0.05, 0) is 11.6 Å². The van der Waals surface area contributed by atoms with Crippen molar-refractivity contribution in [3.8, 4) is 0 Å². The smallest absolute Gasteiger partial charge is 0.269 e. The number of hydrogen-bond acceptors (Lipinski definition) is 5. The lowest BCUT2D eigenvalue weighted by Crippen LogP contribution is -2.21. The maximum absolute atomic E-state index is 11.3. The number of nitro benzene ring substituents is 1. The van der Waals surface area contributed by atoms with E-state index in [9.17, 15) is 15.0 Å². The molecule has 1 aliphatic rings. The minimum Gasteiger partial charge on any atom is -0.365 e. The van der Waals surface area contributed by atoms with Crippen molar-refractivity contribution in [3.05, 3.63) is 74.7 Å². The van der Waals surface area contributed by atoms with Crippen LogP contribution in [0.1, 0.15) is 23.2 Å². The Labute approximate surface area is 121 Å². The van der Waals surface area contributed by atoms with Crippen LogP contribution in [0.2, 0.25) is 0 Å². The topological polar surface area (TPSA) is 75.8 Å². The second kappa shape index (κ2) is 4.97. The summed E-state index contributed by atoms with van der Waals surface area (Å²) in [6, 6.07) is 13.2. The molecular weight excluding hydrogens is 270 g/mol. The van der Waals surface area contributed by atoms with Crippen LogP contribution in [-0.4, -0.2) is 12.0 Å². The Morgan fingerprint density at radius 1 is 1.19 bits per heavy atom. The van der Waals surface area contributed by atoms with E-state index in [1.807, 2.05) is 42.3 Å². The summed E-state index contributed by atoms with van der Waals surface area (Å²) in [5.74, 6) is 0. The van der Waals surface area contributed by atoms with Gasteiger partial charge < -0.3 is 4.90 Å². The van der Waals surface area contributed by atoms with Crippen molar-refractivity contribution in [2.24, 2.45) is 5.18 Å². The molecule has 0 saturated carbocycles. The number of nitrogens with zero attached hydrogens (tertiary/aromatic N) is 3. The summed E-state index contributed by atoms with van der Waals surface area (Å²) in [4.78, 5) is 23.7. The average Bonchev–Trinajstić information content (AvgIpc) is 2.80. The molecule has 0 radical (unpaired) electrons. The molecule has 2 aromatic rings. The van der Waals surface area contributed by atoms with Crippen molar-refractivity contribution in [2.45, 2.75) is 12.1 Å². The van der Waals surface area contributed by atoms with Crippen molar-refractivity contribution < 1.29 is 4.92 Å². The van der Waals surface area contributed by atoms with Gasteiger partial charge in [-0.1, -0.05) is 35.5 Å². The molecule has 0 amide bonds. The number of nitro groups is 1. The summed E-state index contributed by atoms with van der Waals surface area (Å²) in [7, 11) is 1.87. The Morgan fingerprint density at radius 2 is 1.90 bits per heavy atom. The van der Waals surface area contributed by atoms with Crippen LogP contribution >= 0.6 is 0 Å². The first-order valence-electron chi connectivity index (χ1n) is 6.52. The molecule has 0 aromatic heterocycles. The Kier molecular flexibility index (Phi) is 3.13. The van der Waals surface area contributed by atoms with Crippen LogP contribution in [0.3, 0.4) is 0 Å². The summed E-state index contributed by atoms with van der Waals surface area (Å²) in [5.41, 5.74) is 2.35. The van der Waals surface area contributed by atoms with Gasteiger partial charge in [0.05, 0.1) is 11.0 Å². The Bertz CT molecular complexity index is 703. The van der Waals surface area contributed by atoms with Gasteiger partial charge >= 0.3 is 0 Å². The number of benzene rings is 2. The molecule has 2 atom stereocenters. The third kappa shape index (κ3) is 2.05. The molecule has 0 spiro atoms. The van der Waals surface area contributed by atoms with Gasteiger partial charge in [0.1, 0.15) is 6.04 Å². The molecule has 2 unspecified atom stereocenters. The quantitative estimate of drug-likeness (QED) is 0.490. The zero-order chi connectivity index (χ0) is 15.0. The minimum absolute atomic E-state index is 0.0236. The van der Waals surface area contributed by atoms with Gasteiger partial charge in [0.2, 0.25) is 0 Å². The molecule has 6 nitrogen and oxygen atoms in total. The van der Waals surface area contributed by atoms with Crippen LogP contribution in [0.4, 0.5) is 11.4 Å². The van der Waals surface area contributed by atoms with E-state index in [-0.39, 0.29) is 11.7 Å². The van der Waals surface area contributed by atoms with E-state index in [0.29, 0.717) is 5.56 Å². The van der Waals surface area contributed by atoms with Gasteiger partial charge in [-0.3, -0.25) is 10.1 Å². The number of nitroso groups, excluding NO2 is 1. The van der Waals surface area contributed by atoms with Gasteiger partial charge in [-0.25, -0.2) is 0 Å². The highest BCUT2D eigenvalue weighted by Crippen LogP contribution is 2.49. The fraction of sp³-hybridized carbons (Fsp3) is 0.200. The first-order valence-corrected chi connectivity index (χ1v) is 6.52. The summed E-state index contributed by atoms with van der Waals surface area (Å²) in [5, 5.41) is 14.1. The van der Waals surface area contributed by atoms with Crippen molar-refractivity contribution in [1.29, 1.82) is 0 Å². The Hall–Kier alpha value is -2.76. The van der Waals surface area contributed by atoms with Crippen molar-refractivity contribution >= 4 is 11.4 Å². The first kappa shape index (κ1) is 13.2. The van der Waals surface area contributed by atoms with Crippen LogP contribution in [0.25, 0.3) is 0 Å². The maximum Gasteiger partial charge on any atom is 0.269 e. The van der Waals surface area contributed by atoms with E-state index >= 15 is 0 Å². The van der Waals surface area contributed by atoms with E-state index in [4.69, 9.17) is 0 Å². The molecule has 0 fully saturated rings. The largest absolute Gasteiger partial charge is 0.365 e. The number of non-ortho nitro benzene ring substituents is 1. The predicted octanol–water partition coefficient (Wildman–Crippen LogP) is 3.59. The second-order valence-electron chi connectivity index (χ2n) is 5.02. The van der Waals surface area contributed by atoms with Gasteiger partial charge in [0.25, 0.3) is 5.69 Å². The second-order valence-corrected chi connectivity index (χ2v) is 5.02. The van der Waals surface area contributed by atoms with Crippen molar-refractivity contribution in [2.75, 3.05) is 11.9 Å². The van der Waals surface area contributed by atoms with Crippen LogP contribution in [0, 0.1) is 15.0 Å². The molecule has 6 heteroatoms. The minimum atomic E-state index is -0.646. The summed E-state index contributed by atoms with van der Waals surface area (Å²) in [6.45, 7) is 0. The van der Waals surface area contributed by atoms with E-state index in [0.717, 1.165) is 11.3 Å². The predicted molar refractivity (Wildman–Crippen MR) is 79.2 cm³/mol. The summed E-state index contributed by atoms with van der Waals surface area (Å²) < 4.78 is 0. The highest BCUT2D eigenvalue weighted by molar-refractivity contribution is 5.65. The lowest BCUT2D eigenvalue weighted by atomic mass is 9.97. The first-order chi connectivity index (χ1) is 10.1. The highest BCUT2D eigenvalue weighted by atomic mass is 16.6. The lowest BCUT2D eigenvalue weighted by Gasteiger charge is -2.24. The van der Waals surface area contributed by atoms with E-state index in [2.05, 4.69) is 5.18 Å². The standard InChI is InChI=1S/C15H13N3O3/c1-17-13-8-7-11(18(20)21)9-12(13)14(16-19)15(17)10-5-3-2-4-6-10/h2-9,14-15H,1H3. The number of hydrogen-bond donors (Lipinski definition) is 0. The highest BCUT2D eigenvalue weighted by Gasteiger charge is 2.39. The van der Waals surface area contributed by atoms with Gasteiger partial charge in [-0.2, -0.15) is 4.91 Å². The average molecular weight is 283 g/mol. The van der Waals surface area contributed by atoms with Crippen molar-refractivity contribution in [3.63, 3.8) is 0 Å². The number of rotatable bonds is 3. The molecule has 3 rings (SSSR count). The maximum atomic E-state index is 11.3. The molecule has 21 heavy (non-hydrogen) atoms. The molecule has 0 bridgehead atoms. The molecule has 0 aliphatic carbocycles. The SMILES string of the molecule is CN1c2ccc([N+](=O)[O-])cc2C(N=O)C1c1ccccc1. The zero-order valence-corrected chi connectivity index (χ0v) is 11.3. The molecule has 0 N–H and O–H groups in total. The summed E-state index contributed by atoms with van der Waals surface area (Å²) in [6.07, 6.45) is 0. The Balaban J connectivity index is 2.11. The van der Waals surface area contributed by atoms with Crippen molar-refractivity contribution in [1.82, 2.24) is 0 Å². The normalized spacial score (nSPS) is 20.1.